The van der Waals surface area contributed by atoms with Gasteiger partial charge in [0.1, 0.15) is 0 Å². The van der Waals surface area contributed by atoms with Crippen LogP contribution in [0.2, 0.25) is 5.02 Å². The van der Waals surface area contributed by atoms with Gasteiger partial charge in [-0.25, -0.2) is 4.79 Å². The second-order valence-electron chi connectivity index (χ2n) is 7.55. The minimum Gasteiger partial charge on any atom is -0.338 e. The molecule has 28 heavy (non-hydrogen) atoms. The zero-order chi connectivity index (χ0) is 19.6. The molecule has 6 nitrogen and oxygen atoms in total. The van der Waals surface area contributed by atoms with Gasteiger partial charge in [-0.15, -0.1) is 0 Å². The number of amides is 3. The summed E-state index contributed by atoms with van der Waals surface area (Å²) in [5, 5.41) is 3.36. The monoisotopic (exact) mass is 398 g/mol. The van der Waals surface area contributed by atoms with Gasteiger partial charge >= 0.3 is 6.03 Å². The van der Waals surface area contributed by atoms with Gasteiger partial charge in [0.05, 0.1) is 16.1 Å². The lowest BCUT2D eigenvalue weighted by molar-refractivity contribution is -0.146. The summed E-state index contributed by atoms with van der Waals surface area (Å²) in [6.07, 6.45) is 6.00. The molecule has 1 N–H and O–H groups in total. The second kappa shape index (κ2) is 7.80. The van der Waals surface area contributed by atoms with E-state index in [0.717, 1.165) is 24.9 Å². The van der Waals surface area contributed by atoms with Gasteiger partial charge in [-0.1, -0.05) is 29.8 Å². The molecular formula is C21H23ClN4O2. The number of aromatic nitrogens is 1. The van der Waals surface area contributed by atoms with Gasteiger partial charge < -0.3 is 15.1 Å². The minimum absolute atomic E-state index is 0.149. The van der Waals surface area contributed by atoms with Crippen molar-refractivity contribution in [2.24, 2.45) is 5.41 Å². The number of rotatable bonds is 3. The summed E-state index contributed by atoms with van der Waals surface area (Å²) >= 11 is 6.14. The fraction of sp³-hybridized carbons (Fsp3) is 0.381. The largest absolute Gasteiger partial charge is 0.338 e. The van der Waals surface area contributed by atoms with E-state index in [9.17, 15) is 9.59 Å². The van der Waals surface area contributed by atoms with E-state index in [0.29, 0.717) is 36.8 Å². The number of carbonyl (C=O) groups excluding carboxylic acids is 2. The molecule has 1 atom stereocenters. The van der Waals surface area contributed by atoms with Crippen LogP contribution in [-0.4, -0.2) is 46.4 Å². The van der Waals surface area contributed by atoms with Crippen LogP contribution in [0.25, 0.3) is 0 Å². The van der Waals surface area contributed by atoms with Crippen LogP contribution in [0.15, 0.2) is 48.8 Å². The number of nitrogens with one attached hydrogen (secondary N) is 1. The standard InChI is InChI=1S/C21H23ClN4O2/c22-17-6-1-2-7-18(17)24-20(28)26-12-9-21(15-26)8-4-11-25(19(21)27)14-16-5-3-10-23-13-16/h1-3,5-7,10,13H,4,8-9,11-12,14-15H2,(H,24,28)/t21-/m1/s1. The van der Waals surface area contributed by atoms with Gasteiger partial charge in [-0.05, 0) is 43.0 Å². The van der Waals surface area contributed by atoms with Crippen LogP contribution in [-0.2, 0) is 11.3 Å². The molecule has 2 aliphatic heterocycles. The quantitative estimate of drug-likeness (QED) is 0.855. The molecule has 0 radical (unpaired) electrons. The lowest BCUT2D eigenvalue weighted by atomic mass is 9.78. The molecule has 2 aromatic rings. The third-order valence-electron chi connectivity index (χ3n) is 5.68. The average Bonchev–Trinajstić information content (AvgIpc) is 3.13. The van der Waals surface area contributed by atoms with Gasteiger partial charge in [0.25, 0.3) is 0 Å². The number of carbonyl (C=O) groups is 2. The number of hydrogen-bond acceptors (Lipinski definition) is 3. The number of likely N-dealkylation sites (tertiary alicyclic amines) is 2. The van der Waals surface area contributed by atoms with Crippen LogP contribution in [0.1, 0.15) is 24.8 Å². The molecule has 0 unspecified atom stereocenters. The summed E-state index contributed by atoms with van der Waals surface area (Å²) in [6, 6.07) is 10.8. The Balaban J connectivity index is 1.43. The summed E-state index contributed by atoms with van der Waals surface area (Å²) in [5.41, 5.74) is 1.14. The molecule has 3 heterocycles. The maximum Gasteiger partial charge on any atom is 0.321 e. The number of pyridine rings is 1. The van der Waals surface area contributed by atoms with E-state index < -0.39 is 5.41 Å². The molecule has 1 spiro atoms. The van der Waals surface area contributed by atoms with Crippen LogP contribution in [0.5, 0.6) is 0 Å². The lowest BCUT2D eigenvalue weighted by Crippen LogP contribution is -2.50. The summed E-state index contributed by atoms with van der Waals surface area (Å²) in [5.74, 6) is 0.149. The Morgan fingerprint density at radius 3 is 2.82 bits per heavy atom. The van der Waals surface area contributed by atoms with Crippen molar-refractivity contribution in [1.29, 1.82) is 0 Å². The van der Waals surface area contributed by atoms with E-state index in [4.69, 9.17) is 11.6 Å². The van der Waals surface area contributed by atoms with Crippen molar-refractivity contribution in [2.45, 2.75) is 25.8 Å². The molecule has 7 heteroatoms. The predicted molar refractivity (Wildman–Crippen MR) is 108 cm³/mol. The third kappa shape index (κ3) is 3.69. The summed E-state index contributed by atoms with van der Waals surface area (Å²) < 4.78 is 0. The Kier molecular flexibility index (Phi) is 5.22. The zero-order valence-corrected chi connectivity index (χ0v) is 16.4. The summed E-state index contributed by atoms with van der Waals surface area (Å²) in [4.78, 5) is 33.7. The molecule has 3 amide bonds. The Hall–Kier alpha value is -2.60. The molecule has 0 saturated carbocycles. The average molecular weight is 399 g/mol. The van der Waals surface area contributed by atoms with E-state index in [2.05, 4.69) is 10.3 Å². The molecular weight excluding hydrogens is 376 g/mol. The molecule has 4 rings (SSSR count). The highest BCUT2D eigenvalue weighted by Gasteiger charge is 2.49. The number of urea groups is 1. The Bertz CT molecular complexity index is 876. The van der Waals surface area contributed by atoms with E-state index in [1.165, 1.54) is 0 Å². The van der Waals surface area contributed by atoms with E-state index in [-0.39, 0.29) is 11.9 Å². The van der Waals surface area contributed by atoms with Crippen molar-refractivity contribution < 1.29 is 9.59 Å². The van der Waals surface area contributed by atoms with Crippen LogP contribution >= 0.6 is 11.6 Å². The smallest absolute Gasteiger partial charge is 0.321 e. The highest BCUT2D eigenvalue weighted by molar-refractivity contribution is 6.33. The molecule has 1 aromatic carbocycles. The fourth-order valence-electron chi connectivity index (χ4n) is 4.20. The summed E-state index contributed by atoms with van der Waals surface area (Å²) in [7, 11) is 0. The van der Waals surface area contributed by atoms with Gasteiger partial charge in [0.2, 0.25) is 5.91 Å². The van der Waals surface area contributed by atoms with Crippen LogP contribution in [0, 0.1) is 5.41 Å². The predicted octanol–water partition coefficient (Wildman–Crippen LogP) is 3.78. The number of halogens is 1. The van der Waals surface area contributed by atoms with Gasteiger partial charge in [0.15, 0.2) is 0 Å². The Morgan fingerprint density at radius 2 is 2.04 bits per heavy atom. The van der Waals surface area contributed by atoms with Gasteiger partial charge in [-0.2, -0.15) is 0 Å². The molecule has 146 valence electrons. The fourth-order valence-corrected chi connectivity index (χ4v) is 4.38. The van der Waals surface area contributed by atoms with Crippen molar-refractivity contribution in [3.63, 3.8) is 0 Å². The SMILES string of the molecule is O=C(Nc1ccccc1Cl)N1CC[C@]2(CCCN(Cc3cccnc3)C2=O)C1. The van der Waals surface area contributed by atoms with Crippen molar-refractivity contribution in [3.05, 3.63) is 59.4 Å². The Labute approximate surface area is 169 Å². The van der Waals surface area contributed by atoms with Gasteiger partial charge in [-0.3, -0.25) is 9.78 Å². The van der Waals surface area contributed by atoms with Crippen LogP contribution < -0.4 is 5.32 Å². The topological polar surface area (TPSA) is 65.5 Å². The van der Waals surface area contributed by atoms with E-state index in [1.807, 2.05) is 29.2 Å². The van der Waals surface area contributed by atoms with Crippen LogP contribution in [0.4, 0.5) is 10.5 Å². The third-order valence-corrected chi connectivity index (χ3v) is 6.01. The number of piperidine rings is 1. The van der Waals surface area contributed by atoms with Crippen molar-refractivity contribution in [2.75, 3.05) is 25.0 Å². The number of hydrogen-bond donors (Lipinski definition) is 1. The Morgan fingerprint density at radius 1 is 1.18 bits per heavy atom. The summed E-state index contributed by atoms with van der Waals surface area (Å²) in [6.45, 7) is 2.34. The maximum atomic E-state index is 13.3. The first kappa shape index (κ1) is 18.7. The van der Waals surface area contributed by atoms with E-state index >= 15 is 0 Å². The molecule has 1 aromatic heterocycles. The van der Waals surface area contributed by atoms with Crippen molar-refractivity contribution in [3.8, 4) is 0 Å². The molecule has 0 bridgehead atoms. The number of nitrogens with zero attached hydrogens (tertiary/aromatic N) is 3. The first-order valence-corrected chi connectivity index (χ1v) is 9.94. The first-order valence-electron chi connectivity index (χ1n) is 9.56. The number of benzene rings is 1. The molecule has 0 aliphatic carbocycles. The molecule has 2 aliphatic rings. The maximum absolute atomic E-state index is 13.3. The zero-order valence-electron chi connectivity index (χ0n) is 15.6. The lowest BCUT2D eigenvalue weighted by Gasteiger charge is -2.39. The number of para-hydroxylation sites is 1. The van der Waals surface area contributed by atoms with Crippen molar-refractivity contribution in [1.82, 2.24) is 14.8 Å². The first-order chi connectivity index (χ1) is 13.6. The highest BCUT2D eigenvalue weighted by Crippen LogP contribution is 2.40. The molecule has 2 saturated heterocycles. The number of anilines is 1. The highest BCUT2D eigenvalue weighted by atomic mass is 35.5. The normalized spacial score (nSPS) is 22.0. The second-order valence-corrected chi connectivity index (χ2v) is 7.96. The minimum atomic E-state index is -0.474. The van der Waals surface area contributed by atoms with Gasteiger partial charge in [0, 0.05) is 38.6 Å². The van der Waals surface area contributed by atoms with Crippen LogP contribution in [0.3, 0.4) is 0 Å². The van der Waals surface area contributed by atoms with E-state index in [1.54, 1.807) is 29.4 Å². The molecule has 2 fully saturated rings. The van der Waals surface area contributed by atoms with Crippen molar-refractivity contribution >= 4 is 29.2 Å².